The van der Waals surface area contributed by atoms with Crippen LogP contribution in [0, 0.1) is 0 Å². The van der Waals surface area contributed by atoms with Crippen LogP contribution in [0.2, 0.25) is 0 Å². The number of benzene rings is 4. The maximum Gasteiger partial charge on any atom is -0.147 e. The van der Waals surface area contributed by atoms with Gasteiger partial charge < -0.3 is 0 Å². The van der Waals surface area contributed by atoms with Crippen LogP contribution < -0.4 is 21.2 Å². The first kappa shape index (κ1) is 21.8. The van der Waals surface area contributed by atoms with Crippen molar-refractivity contribution >= 4 is 46.4 Å². The quantitative estimate of drug-likeness (QED) is 0.424. The molecule has 30 heavy (non-hydrogen) atoms. The van der Waals surface area contributed by atoms with Gasteiger partial charge in [-0.3, -0.25) is 0 Å². The smallest absolute Gasteiger partial charge is 0.147 e. The zero-order chi connectivity index (χ0) is 20.2. The van der Waals surface area contributed by atoms with Crippen molar-refractivity contribution < 1.29 is 9.32 Å². The second kappa shape index (κ2) is 8.83. The fraction of sp³-hybridized carbons (Fsp3) is 0.0385. The predicted octanol–water partition coefficient (Wildman–Crippen LogP) is 4.74. The van der Waals surface area contributed by atoms with Gasteiger partial charge in [-0.1, -0.05) is 0 Å². The van der Waals surface area contributed by atoms with E-state index >= 15 is 0 Å². The fourth-order valence-corrected chi connectivity index (χ4v) is 9.90. The molecule has 0 saturated heterocycles. The molecule has 4 heteroatoms. The molecule has 0 aliphatic rings. The molecule has 4 rings (SSSR count). The van der Waals surface area contributed by atoms with Crippen LogP contribution in [0.4, 0.5) is 0 Å². The van der Waals surface area contributed by atoms with Crippen LogP contribution in [0.15, 0.2) is 121 Å². The first-order valence-electron chi connectivity index (χ1n) is 9.63. The van der Waals surface area contributed by atoms with Crippen molar-refractivity contribution in [1.29, 1.82) is 0 Å². The summed E-state index contributed by atoms with van der Waals surface area (Å²) in [7, 11) is 0. The maximum atomic E-state index is 12.8. The number of hydrogen-bond donors (Lipinski definition) is 0. The summed E-state index contributed by atoms with van der Waals surface area (Å²) in [4.78, 5) is 12.8. The molecule has 0 atom stereocenters. The van der Waals surface area contributed by atoms with Crippen molar-refractivity contribution in [3.63, 3.8) is 0 Å². The van der Waals surface area contributed by atoms with E-state index in [1.807, 2.05) is 72.8 Å². The number of carbonyl (C=O) groups is 1. The number of halogens is 1. The molecule has 4 aromatic rings. The Morgan fingerprint density at radius 3 is 0.967 bits per heavy atom. The summed E-state index contributed by atoms with van der Waals surface area (Å²) in [5.41, 5.74) is 0. The molecule has 152 valence electrons. The molecule has 0 bridgehead atoms. The van der Waals surface area contributed by atoms with E-state index in [2.05, 4.69) is 48.5 Å². The van der Waals surface area contributed by atoms with Gasteiger partial charge in [-0.15, -0.1) is 12.4 Å². The van der Waals surface area contributed by atoms with Crippen LogP contribution in [0.25, 0.3) is 0 Å². The molecule has 4 aromatic carbocycles. The van der Waals surface area contributed by atoms with Crippen molar-refractivity contribution in [1.82, 2.24) is 0 Å². The van der Waals surface area contributed by atoms with Crippen LogP contribution in [0.5, 0.6) is 0 Å². The molecular weight excluding hydrogens is 411 g/mol. The summed E-state index contributed by atoms with van der Waals surface area (Å²) in [6.45, 7) is -2.29. The van der Waals surface area contributed by atoms with Gasteiger partial charge in [0.1, 0.15) is 0 Å². The summed E-state index contributed by atoms with van der Waals surface area (Å²) in [6.07, 6.45) is 0. The van der Waals surface area contributed by atoms with E-state index in [0.29, 0.717) is 0 Å². The third kappa shape index (κ3) is 3.23. The van der Waals surface area contributed by atoms with Gasteiger partial charge in [-0.25, -0.2) is 0 Å². The Balaban J connectivity index is 0.00000256. The number of hydrogen-bond acceptors (Lipinski definition) is 2. The van der Waals surface area contributed by atoms with Gasteiger partial charge in [0.25, 0.3) is 0 Å². The van der Waals surface area contributed by atoms with Gasteiger partial charge in [0.15, 0.2) is 0 Å². The van der Waals surface area contributed by atoms with Crippen molar-refractivity contribution in [2.45, 2.75) is 6.92 Å². The maximum absolute atomic E-state index is 12.8. The van der Waals surface area contributed by atoms with Gasteiger partial charge in [0, 0.05) is 0 Å². The Morgan fingerprint density at radius 1 is 0.533 bits per heavy atom. The topological polar surface area (TPSA) is 26.3 Å². The molecule has 0 aromatic heterocycles. The molecule has 0 N–H and O–H groups in total. The first-order valence-corrected chi connectivity index (χ1v) is 11.8. The van der Waals surface area contributed by atoms with E-state index in [-0.39, 0.29) is 18.4 Å². The van der Waals surface area contributed by atoms with Crippen molar-refractivity contribution in [2.75, 3.05) is 0 Å². The molecule has 0 saturated carbocycles. The Hall–Kier alpha value is -2.93. The molecule has 0 heterocycles. The molecule has 0 unspecified atom stereocenters. The second-order valence-corrected chi connectivity index (χ2v) is 11.3. The summed E-state index contributed by atoms with van der Waals surface area (Å²) in [6, 6.07) is 40.6. The Kier molecular flexibility index (Phi) is 6.41. The Labute approximate surface area is 184 Å². The van der Waals surface area contributed by atoms with Crippen LogP contribution >= 0.6 is 19.2 Å². The van der Waals surface area contributed by atoms with E-state index in [4.69, 9.17) is 4.52 Å². The Morgan fingerprint density at radius 2 is 0.767 bits per heavy atom. The Bertz CT molecular complexity index is 931. The molecule has 0 fully saturated rings. The van der Waals surface area contributed by atoms with E-state index < -0.39 is 6.83 Å². The van der Waals surface area contributed by atoms with Gasteiger partial charge >= 0.3 is 172 Å². The monoisotopic (exact) mass is 434 g/mol. The van der Waals surface area contributed by atoms with E-state index in [1.165, 1.54) is 6.92 Å². The third-order valence-corrected chi connectivity index (χ3v) is 11.1. The van der Waals surface area contributed by atoms with Crippen LogP contribution in [0.3, 0.4) is 0 Å². The molecule has 2 nitrogen and oxygen atoms in total. The zero-order valence-electron chi connectivity index (χ0n) is 16.7. The summed E-state index contributed by atoms with van der Waals surface area (Å²) < 4.78 is 6.66. The molecule has 0 aliphatic heterocycles. The largest absolute Gasteiger partial charge is 0.147 e. The minimum atomic E-state index is -3.79. The van der Waals surface area contributed by atoms with Crippen LogP contribution in [-0.4, -0.2) is 5.97 Å². The van der Waals surface area contributed by atoms with E-state index in [1.54, 1.807) is 0 Å². The van der Waals surface area contributed by atoms with Crippen LogP contribution in [0.1, 0.15) is 6.92 Å². The molecule has 0 spiro atoms. The van der Waals surface area contributed by atoms with Gasteiger partial charge in [-0.2, -0.15) is 0 Å². The van der Waals surface area contributed by atoms with Crippen LogP contribution in [-0.2, 0) is 9.32 Å². The average molecular weight is 435 g/mol. The standard InChI is InChI=1S/C26H23O2P.ClH/c1-22(27)28-29(23-14-6-2-7-15-23,24-16-8-3-9-17-24,25-18-10-4-11-19-25)26-20-12-5-13-21-26;/h2-21H,1H3;1H. The summed E-state index contributed by atoms with van der Waals surface area (Å²) in [5, 5.41) is 3.99. The number of carbonyl (C=O) groups excluding carboxylic acids is 1. The predicted molar refractivity (Wildman–Crippen MR) is 130 cm³/mol. The van der Waals surface area contributed by atoms with Crippen molar-refractivity contribution in [3.05, 3.63) is 121 Å². The third-order valence-electron chi connectivity index (χ3n) is 5.31. The second-order valence-electron chi connectivity index (χ2n) is 6.96. The van der Waals surface area contributed by atoms with Crippen molar-refractivity contribution in [3.8, 4) is 0 Å². The molecular formula is C26H24ClO2P. The normalized spacial score (nSPS) is 12.1. The zero-order valence-corrected chi connectivity index (χ0v) is 18.4. The molecule has 0 amide bonds. The van der Waals surface area contributed by atoms with Gasteiger partial charge in [0.2, 0.25) is 0 Å². The van der Waals surface area contributed by atoms with Gasteiger partial charge in [-0.05, 0) is 0 Å². The van der Waals surface area contributed by atoms with E-state index in [0.717, 1.165) is 21.2 Å². The summed E-state index contributed by atoms with van der Waals surface area (Å²) in [5.74, 6) is -0.303. The number of rotatable bonds is 5. The molecule has 0 aliphatic carbocycles. The average Bonchev–Trinajstić information content (AvgIpc) is 2.80. The minimum Gasteiger partial charge on any atom is -0.147 e. The minimum absolute atomic E-state index is 0. The summed E-state index contributed by atoms with van der Waals surface area (Å²) >= 11 is 0. The van der Waals surface area contributed by atoms with Gasteiger partial charge in [0.05, 0.1) is 0 Å². The van der Waals surface area contributed by atoms with Crippen molar-refractivity contribution in [2.24, 2.45) is 0 Å². The van der Waals surface area contributed by atoms with E-state index in [9.17, 15) is 4.79 Å². The SMILES string of the molecule is CC(=O)OP(c1ccccc1)(c1ccccc1)(c1ccccc1)c1ccccc1.Cl. The first-order chi connectivity index (χ1) is 14.2. The molecule has 0 radical (unpaired) electrons. The fourth-order valence-electron chi connectivity index (χ4n) is 4.21.